The summed E-state index contributed by atoms with van der Waals surface area (Å²) in [6.07, 6.45) is -6.30. The lowest BCUT2D eigenvalue weighted by Gasteiger charge is -2.45. The molecule has 12 nitrogen and oxygen atoms in total. The minimum Gasteiger partial charge on any atom is -0.508 e. The van der Waals surface area contributed by atoms with Crippen molar-refractivity contribution in [3.05, 3.63) is 47.7 Å². The van der Waals surface area contributed by atoms with E-state index in [0.717, 1.165) is 12.3 Å². The van der Waals surface area contributed by atoms with Crippen LogP contribution in [-0.2, 0) is 28.5 Å². The molecule has 1 aliphatic carbocycles. The summed E-state index contributed by atoms with van der Waals surface area (Å²) in [5.41, 5.74) is -1.26. The molecule has 10 atom stereocenters. The zero-order chi connectivity index (χ0) is 26.9. The lowest BCUT2D eigenvalue weighted by Crippen LogP contribution is -2.62. The lowest BCUT2D eigenvalue weighted by molar-refractivity contribution is -0.347. The molecule has 2 heterocycles. The molecule has 0 bridgehead atoms. The predicted molar refractivity (Wildman–Crippen MR) is 123 cm³/mol. The highest BCUT2D eigenvalue weighted by Gasteiger charge is 2.60. The summed E-state index contributed by atoms with van der Waals surface area (Å²) in [7, 11) is 0. The van der Waals surface area contributed by atoms with Crippen molar-refractivity contribution in [2.75, 3.05) is 6.61 Å². The highest BCUT2D eigenvalue weighted by Crippen LogP contribution is 2.49. The quantitative estimate of drug-likeness (QED) is 0.145. The number of carbonyl (C=O) groups excluding carboxylic acids is 2. The van der Waals surface area contributed by atoms with Crippen molar-refractivity contribution in [1.29, 1.82) is 0 Å². The fraction of sp³-hybridized carbons (Fsp3) is 0.520. The number of ether oxygens (including phenoxy) is 4. The number of phenolic OH excluding ortho intramolecular Hbond substituents is 1. The first-order chi connectivity index (χ1) is 17.6. The van der Waals surface area contributed by atoms with Crippen LogP contribution < -0.4 is 0 Å². The second-order valence-corrected chi connectivity index (χ2v) is 9.45. The smallest absolute Gasteiger partial charge is 0.331 e. The Kier molecular flexibility index (Phi) is 7.99. The molecule has 0 amide bonds. The van der Waals surface area contributed by atoms with Gasteiger partial charge in [-0.25, -0.2) is 4.79 Å². The monoisotopic (exact) mass is 522 g/mol. The first-order valence-electron chi connectivity index (χ1n) is 11.8. The number of aromatic hydroxyl groups is 1. The lowest BCUT2D eigenvalue weighted by atomic mass is 9.79. The summed E-state index contributed by atoms with van der Waals surface area (Å²) < 4.78 is 22.3. The topological polar surface area (TPSA) is 192 Å². The molecule has 37 heavy (non-hydrogen) atoms. The minimum absolute atomic E-state index is 0.0469. The van der Waals surface area contributed by atoms with Gasteiger partial charge in [-0.3, -0.25) is 4.79 Å². The summed E-state index contributed by atoms with van der Waals surface area (Å²) in [6.45, 7) is 0.950. The largest absolute Gasteiger partial charge is 0.508 e. The van der Waals surface area contributed by atoms with Gasteiger partial charge in [0, 0.05) is 12.5 Å². The number of phenols is 1. The van der Waals surface area contributed by atoms with Gasteiger partial charge in [-0.1, -0.05) is 19.1 Å². The summed E-state index contributed by atoms with van der Waals surface area (Å²) in [4.78, 5) is 24.1. The molecule has 3 aliphatic rings. The van der Waals surface area contributed by atoms with Gasteiger partial charge in [-0.15, -0.1) is 0 Å². The van der Waals surface area contributed by atoms with Crippen LogP contribution in [0.3, 0.4) is 0 Å². The number of carbonyl (C=O) groups is 2. The van der Waals surface area contributed by atoms with Gasteiger partial charge in [-0.05, 0) is 29.7 Å². The maximum Gasteiger partial charge on any atom is 0.331 e. The molecule has 0 unspecified atom stereocenters. The van der Waals surface area contributed by atoms with Crippen LogP contribution in [0.5, 0.6) is 5.75 Å². The van der Waals surface area contributed by atoms with Crippen molar-refractivity contribution in [2.45, 2.75) is 62.0 Å². The Morgan fingerprint density at radius 3 is 2.51 bits per heavy atom. The van der Waals surface area contributed by atoms with Crippen LogP contribution in [0.4, 0.5) is 0 Å². The fourth-order valence-electron chi connectivity index (χ4n) is 5.02. The summed E-state index contributed by atoms with van der Waals surface area (Å²) >= 11 is 0. The molecule has 0 spiro atoms. The highest BCUT2D eigenvalue weighted by atomic mass is 16.8. The molecule has 0 radical (unpaired) electrons. The van der Waals surface area contributed by atoms with E-state index in [1.165, 1.54) is 18.2 Å². The molecule has 2 fully saturated rings. The van der Waals surface area contributed by atoms with Crippen LogP contribution in [0.1, 0.15) is 18.9 Å². The molecule has 4 rings (SSSR count). The number of rotatable bonds is 7. The standard InChI is InChI=1S/C25H30O12/c1-12-16(29)8-25(33)14(9-26)11-34-23(19(12)25)37-24-22(21(32)20(31)17(10-27)35-24)36-18(30)7-4-13-2-5-15(28)6-3-13/h2-7,9,11-12,16-17,19-24,27-29,31-33H,8,10H2,1H3/t12-,16+,17-,19-,20-,21+,22-,23+,24+,25+/m1/s1. The SMILES string of the molecule is C[C@H]1[C@@H]2[C@H](O[C@@H]3O[C@H](CO)[C@@H](O)[C@H](O)[C@H]3OC(=O)C=Cc3ccc(O)cc3)OC=C(C=O)[C@@]2(O)C[C@@H]1O. The molecule has 1 aromatic carbocycles. The number of esters is 1. The van der Waals surface area contributed by atoms with E-state index in [9.17, 15) is 40.2 Å². The van der Waals surface area contributed by atoms with E-state index in [1.807, 2.05) is 0 Å². The Bertz CT molecular complexity index is 1040. The van der Waals surface area contributed by atoms with E-state index in [0.29, 0.717) is 11.8 Å². The van der Waals surface area contributed by atoms with E-state index < -0.39 is 73.1 Å². The van der Waals surface area contributed by atoms with E-state index in [4.69, 9.17) is 18.9 Å². The third kappa shape index (κ3) is 5.27. The summed E-state index contributed by atoms with van der Waals surface area (Å²) in [6, 6.07) is 5.96. The van der Waals surface area contributed by atoms with Gasteiger partial charge in [0.25, 0.3) is 0 Å². The number of aliphatic hydroxyl groups is 5. The summed E-state index contributed by atoms with van der Waals surface area (Å²) in [5.74, 6) is -2.39. The van der Waals surface area contributed by atoms with Gasteiger partial charge in [0.2, 0.25) is 12.6 Å². The number of benzene rings is 1. The van der Waals surface area contributed by atoms with Gasteiger partial charge in [0.1, 0.15) is 29.7 Å². The molecule has 1 aromatic rings. The predicted octanol–water partition coefficient (Wildman–Crippen LogP) is -1.04. The number of hydrogen-bond acceptors (Lipinski definition) is 12. The van der Waals surface area contributed by atoms with Crippen LogP contribution in [0.25, 0.3) is 6.08 Å². The molecule has 1 saturated heterocycles. The maximum atomic E-state index is 12.5. The van der Waals surface area contributed by atoms with Gasteiger partial charge >= 0.3 is 5.97 Å². The molecular weight excluding hydrogens is 492 g/mol. The Balaban J connectivity index is 1.55. The number of aliphatic hydroxyl groups excluding tert-OH is 4. The zero-order valence-corrected chi connectivity index (χ0v) is 19.9. The Morgan fingerprint density at radius 1 is 1.16 bits per heavy atom. The van der Waals surface area contributed by atoms with E-state index in [2.05, 4.69) is 0 Å². The third-order valence-corrected chi connectivity index (χ3v) is 7.14. The van der Waals surface area contributed by atoms with E-state index in [-0.39, 0.29) is 17.7 Å². The average molecular weight is 523 g/mol. The highest BCUT2D eigenvalue weighted by molar-refractivity contribution is 5.87. The molecule has 6 N–H and O–H groups in total. The molecule has 0 aromatic heterocycles. The van der Waals surface area contributed by atoms with Crippen LogP contribution in [0.2, 0.25) is 0 Å². The van der Waals surface area contributed by atoms with Crippen molar-refractivity contribution >= 4 is 18.3 Å². The molecule has 2 aliphatic heterocycles. The Hall–Kier alpha value is -2.84. The van der Waals surface area contributed by atoms with Gasteiger partial charge < -0.3 is 49.6 Å². The zero-order valence-electron chi connectivity index (χ0n) is 19.9. The molecule has 1 saturated carbocycles. The first kappa shape index (κ1) is 27.2. The first-order valence-corrected chi connectivity index (χ1v) is 11.8. The van der Waals surface area contributed by atoms with Gasteiger partial charge in [-0.2, -0.15) is 0 Å². The average Bonchev–Trinajstić information content (AvgIpc) is 3.11. The Labute approximate surface area is 212 Å². The molecular formula is C25H30O12. The van der Waals surface area contributed by atoms with Gasteiger partial charge in [0.15, 0.2) is 12.4 Å². The normalized spacial score (nSPS) is 39.5. The van der Waals surface area contributed by atoms with Crippen molar-refractivity contribution in [3.63, 3.8) is 0 Å². The second kappa shape index (κ2) is 10.9. The number of aldehydes is 1. The van der Waals surface area contributed by atoms with Crippen LogP contribution in [-0.4, -0.2) is 98.2 Å². The van der Waals surface area contributed by atoms with Crippen LogP contribution in [0, 0.1) is 11.8 Å². The number of hydrogen-bond donors (Lipinski definition) is 6. The van der Waals surface area contributed by atoms with Crippen molar-refractivity contribution in [1.82, 2.24) is 0 Å². The van der Waals surface area contributed by atoms with E-state index >= 15 is 0 Å². The van der Waals surface area contributed by atoms with Crippen molar-refractivity contribution in [3.8, 4) is 5.75 Å². The van der Waals surface area contributed by atoms with Crippen molar-refractivity contribution in [2.24, 2.45) is 11.8 Å². The van der Waals surface area contributed by atoms with Crippen molar-refractivity contribution < 1.29 is 59.2 Å². The summed E-state index contributed by atoms with van der Waals surface area (Å²) in [5, 5.41) is 61.6. The Morgan fingerprint density at radius 2 is 1.86 bits per heavy atom. The van der Waals surface area contributed by atoms with E-state index in [1.54, 1.807) is 19.1 Å². The minimum atomic E-state index is -1.76. The maximum absolute atomic E-state index is 12.5. The number of fused-ring (bicyclic) bond motifs is 1. The molecule has 202 valence electrons. The third-order valence-electron chi connectivity index (χ3n) is 7.14. The second-order valence-electron chi connectivity index (χ2n) is 9.45. The van der Waals surface area contributed by atoms with Crippen LogP contribution in [0.15, 0.2) is 42.2 Å². The molecule has 12 heteroatoms. The fourth-order valence-corrected chi connectivity index (χ4v) is 5.02. The van der Waals surface area contributed by atoms with Crippen LogP contribution >= 0.6 is 0 Å². The van der Waals surface area contributed by atoms with Gasteiger partial charge in [0.05, 0.1) is 30.5 Å².